The lowest BCUT2D eigenvalue weighted by atomic mass is 10.2. The van der Waals surface area contributed by atoms with Gasteiger partial charge in [-0.05, 0) is 13.8 Å². The summed E-state index contributed by atoms with van der Waals surface area (Å²) in [6, 6.07) is 0. The van der Waals surface area contributed by atoms with Crippen molar-refractivity contribution >= 4 is 5.78 Å². The van der Waals surface area contributed by atoms with Crippen molar-refractivity contribution < 1.29 is 4.79 Å². The lowest BCUT2D eigenvalue weighted by Gasteiger charge is -1.98. The van der Waals surface area contributed by atoms with Crippen LogP contribution in [0.4, 0.5) is 0 Å². The first-order valence-corrected chi connectivity index (χ1v) is 3.61. The van der Waals surface area contributed by atoms with E-state index in [0.717, 1.165) is 12.2 Å². The second-order valence-corrected chi connectivity index (χ2v) is 2.42. The summed E-state index contributed by atoms with van der Waals surface area (Å²) in [7, 11) is 0. The summed E-state index contributed by atoms with van der Waals surface area (Å²) in [4.78, 5) is 10.7. The van der Waals surface area contributed by atoms with Gasteiger partial charge in [0.15, 0.2) is 0 Å². The van der Waals surface area contributed by atoms with Crippen molar-refractivity contribution in [1.29, 1.82) is 0 Å². The number of rotatable bonds is 3. The molecule has 0 saturated heterocycles. The van der Waals surface area contributed by atoms with Crippen LogP contribution >= 0.6 is 0 Å². The molecule has 0 radical (unpaired) electrons. The first-order valence-electron chi connectivity index (χ1n) is 3.61. The van der Waals surface area contributed by atoms with Gasteiger partial charge in [-0.2, -0.15) is 0 Å². The van der Waals surface area contributed by atoms with Crippen molar-refractivity contribution in [1.82, 2.24) is 15.0 Å². The van der Waals surface area contributed by atoms with Gasteiger partial charge in [0.1, 0.15) is 5.78 Å². The van der Waals surface area contributed by atoms with Crippen molar-refractivity contribution in [2.24, 2.45) is 0 Å². The molecular weight excluding hydrogens is 142 g/mol. The molecule has 1 rings (SSSR count). The number of hydrogen-bond acceptors (Lipinski definition) is 3. The van der Waals surface area contributed by atoms with Gasteiger partial charge >= 0.3 is 0 Å². The van der Waals surface area contributed by atoms with Crippen LogP contribution in [0.2, 0.25) is 0 Å². The van der Waals surface area contributed by atoms with Crippen LogP contribution in [0.25, 0.3) is 0 Å². The molecule has 0 N–H and O–H groups in total. The molecule has 0 aliphatic carbocycles. The molecule has 0 unspecified atom stereocenters. The number of Topliss-reactive ketones (excluding diaryl/α,β-unsaturated/α-hetero) is 1. The van der Waals surface area contributed by atoms with Crippen LogP contribution in [-0.2, 0) is 17.8 Å². The number of carbonyl (C=O) groups is 1. The maximum absolute atomic E-state index is 10.7. The summed E-state index contributed by atoms with van der Waals surface area (Å²) in [5.74, 6) is 0.141. The Hall–Kier alpha value is -1.19. The van der Waals surface area contributed by atoms with Gasteiger partial charge in [0.2, 0.25) is 0 Å². The Morgan fingerprint density at radius 2 is 2.45 bits per heavy atom. The van der Waals surface area contributed by atoms with Crippen LogP contribution in [0.5, 0.6) is 0 Å². The summed E-state index contributed by atoms with van der Waals surface area (Å²) < 4.78 is 1.72. The minimum Gasteiger partial charge on any atom is -0.300 e. The van der Waals surface area contributed by atoms with E-state index in [1.165, 1.54) is 0 Å². The van der Waals surface area contributed by atoms with Crippen molar-refractivity contribution in [2.45, 2.75) is 26.8 Å². The molecule has 0 bridgehead atoms. The number of aromatic nitrogens is 3. The average molecular weight is 153 g/mol. The lowest BCUT2D eigenvalue weighted by molar-refractivity contribution is -0.116. The molecule has 0 atom stereocenters. The van der Waals surface area contributed by atoms with E-state index in [2.05, 4.69) is 10.3 Å². The molecule has 4 nitrogen and oxygen atoms in total. The summed E-state index contributed by atoms with van der Waals surface area (Å²) in [6.07, 6.45) is 2.06. The fourth-order valence-electron chi connectivity index (χ4n) is 0.937. The maximum Gasteiger partial charge on any atom is 0.135 e. The molecular formula is C7H11N3O. The van der Waals surface area contributed by atoms with Crippen LogP contribution in [0, 0.1) is 0 Å². The van der Waals surface area contributed by atoms with Crippen LogP contribution in [0.15, 0.2) is 6.20 Å². The highest BCUT2D eigenvalue weighted by Crippen LogP contribution is 1.97. The second-order valence-electron chi connectivity index (χ2n) is 2.42. The van der Waals surface area contributed by atoms with Gasteiger partial charge in [0, 0.05) is 13.0 Å². The molecule has 1 heterocycles. The fraction of sp³-hybridized carbons (Fsp3) is 0.571. The molecule has 1 aromatic rings. The molecule has 0 spiro atoms. The molecule has 0 amide bonds. The lowest BCUT2D eigenvalue weighted by Crippen LogP contribution is -2.06. The molecule has 4 heteroatoms. The molecule has 0 fully saturated rings. The minimum atomic E-state index is 0.141. The molecule has 1 aromatic heterocycles. The van der Waals surface area contributed by atoms with Crippen molar-refractivity contribution in [3.8, 4) is 0 Å². The number of aryl methyl sites for hydroxylation is 1. The van der Waals surface area contributed by atoms with Crippen LogP contribution in [0.1, 0.15) is 19.5 Å². The number of carbonyl (C=O) groups excluding carboxylic acids is 1. The summed E-state index contributed by atoms with van der Waals surface area (Å²) in [5.41, 5.74) is 0.889. The standard InChI is InChI=1S/C7H11N3O/c1-3-10-7(4-6(2)11)5-8-9-10/h5H,3-4H2,1-2H3. The molecule has 0 aromatic carbocycles. The van der Waals surface area contributed by atoms with Crippen molar-refractivity contribution in [2.75, 3.05) is 0 Å². The summed E-state index contributed by atoms with van der Waals surface area (Å²) >= 11 is 0. The normalized spacial score (nSPS) is 10.0. The third kappa shape index (κ3) is 1.86. The molecule has 0 aliphatic heterocycles. The number of nitrogens with zero attached hydrogens (tertiary/aromatic N) is 3. The van der Waals surface area contributed by atoms with E-state index in [4.69, 9.17) is 0 Å². The van der Waals surface area contributed by atoms with Gasteiger partial charge in [-0.15, -0.1) is 5.10 Å². The monoisotopic (exact) mass is 153 g/mol. The molecule has 60 valence electrons. The van der Waals surface area contributed by atoms with Crippen molar-refractivity contribution in [3.05, 3.63) is 11.9 Å². The van der Waals surface area contributed by atoms with E-state index < -0.39 is 0 Å². The van der Waals surface area contributed by atoms with Crippen LogP contribution < -0.4 is 0 Å². The number of hydrogen-bond donors (Lipinski definition) is 0. The van der Waals surface area contributed by atoms with Gasteiger partial charge in [0.05, 0.1) is 11.9 Å². The zero-order valence-electron chi connectivity index (χ0n) is 6.74. The highest BCUT2D eigenvalue weighted by molar-refractivity contribution is 5.77. The van der Waals surface area contributed by atoms with E-state index in [1.807, 2.05) is 6.92 Å². The van der Waals surface area contributed by atoms with Gasteiger partial charge in [-0.3, -0.25) is 4.79 Å². The van der Waals surface area contributed by atoms with Crippen molar-refractivity contribution in [3.63, 3.8) is 0 Å². The van der Waals surface area contributed by atoms with Crippen LogP contribution in [-0.4, -0.2) is 20.8 Å². The van der Waals surface area contributed by atoms with E-state index in [9.17, 15) is 4.79 Å². The largest absolute Gasteiger partial charge is 0.300 e. The van der Waals surface area contributed by atoms with Gasteiger partial charge in [-0.25, -0.2) is 4.68 Å². The Balaban J connectivity index is 2.76. The third-order valence-corrected chi connectivity index (χ3v) is 1.43. The Labute approximate surface area is 65.2 Å². The average Bonchev–Trinajstić information content (AvgIpc) is 2.34. The summed E-state index contributed by atoms with van der Waals surface area (Å²) in [6.45, 7) is 4.30. The first kappa shape index (κ1) is 7.91. The van der Waals surface area contributed by atoms with E-state index in [1.54, 1.807) is 17.8 Å². The molecule has 0 saturated carbocycles. The zero-order chi connectivity index (χ0) is 8.27. The van der Waals surface area contributed by atoms with E-state index in [0.29, 0.717) is 6.42 Å². The van der Waals surface area contributed by atoms with Gasteiger partial charge in [0.25, 0.3) is 0 Å². The third-order valence-electron chi connectivity index (χ3n) is 1.43. The van der Waals surface area contributed by atoms with E-state index in [-0.39, 0.29) is 5.78 Å². The Kier molecular flexibility index (Phi) is 2.36. The predicted octanol–water partition coefficient (Wildman–Crippen LogP) is 0.429. The fourth-order valence-corrected chi connectivity index (χ4v) is 0.937. The Morgan fingerprint density at radius 1 is 1.73 bits per heavy atom. The second kappa shape index (κ2) is 3.27. The highest BCUT2D eigenvalue weighted by atomic mass is 16.1. The number of ketones is 1. The SMILES string of the molecule is CCn1nncc1CC(C)=O. The van der Waals surface area contributed by atoms with Gasteiger partial charge < -0.3 is 0 Å². The Morgan fingerprint density at radius 3 is 3.00 bits per heavy atom. The molecule has 11 heavy (non-hydrogen) atoms. The zero-order valence-corrected chi connectivity index (χ0v) is 6.74. The maximum atomic E-state index is 10.7. The molecule has 0 aliphatic rings. The van der Waals surface area contributed by atoms with E-state index >= 15 is 0 Å². The Bertz CT molecular complexity index is 254. The van der Waals surface area contributed by atoms with Crippen LogP contribution in [0.3, 0.4) is 0 Å². The predicted molar refractivity (Wildman–Crippen MR) is 40.1 cm³/mol. The first-order chi connectivity index (χ1) is 5.24. The topological polar surface area (TPSA) is 47.8 Å². The summed E-state index contributed by atoms with van der Waals surface area (Å²) in [5, 5.41) is 7.51. The highest BCUT2D eigenvalue weighted by Gasteiger charge is 2.03. The smallest absolute Gasteiger partial charge is 0.135 e. The minimum absolute atomic E-state index is 0.141. The quantitative estimate of drug-likeness (QED) is 0.632. The van der Waals surface area contributed by atoms with Gasteiger partial charge in [-0.1, -0.05) is 5.21 Å².